The van der Waals surface area contributed by atoms with Gasteiger partial charge in [0.05, 0.1) is 19.3 Å². The second-order valence-corrected chi connectivity index (χ2v) is 16.9. The summed E-state index contributed by atoms with van der Waals surface area (Å²) in [6.07, 6.45) is -6.18. The van der Waals surface area contributed by atoms with Crippen molar-refractivity contribution in [2.75, 3.05) is 13.2 Å². The zero-order valence-corrected chi connectivity index (χ0v) is 38.3. The Morgan fingerprint density at radius 2 is 1.30 bits per heavy atom. The molecule has 3 saturated heterocycles. The van der Waals surface area contributed by atoms with Crippen LogP contribution in [-0.4, -0.2) is 159 Å². The van der Waals surface area contributed by atoms with Gasteiger partial charge in [0.2, 0.25) is 27.9 Å². The molecule has 0 aromatic rings. The third-order valence-electron chi connectivity index (χ3n) is 11.0. The molecule has 60 heavy (non-hydrogen) atoms. The van der Waals surface area contributed by atoms with E-state index in [0.717, 1.165) is 39.0 Å². The van der Waals surface area contributed by atoms with Gasteiger partial charge in [-0.2, -0.15) is 0 Å². The average molecular weight is 897 g/mol. The zero-order valence-electron chi connectivity index (χ0n) is 35.5. The van der Waals surface area contributed by atoms with Gasteiger partial charge in [-0.15, -0.1) is 0 Å². The van der Waals surface area contributed by atoms with E-state index in [9.17, 15) is 58.3 Å². The molecule has 2 amide bonds. The number of amides is 2. The Morgan fingerprint density at radius 1 is 0.767 bits per heavy atom. The average Bonchev–Trinajstić information content (AvgIpc) is 3.17. The predicted molar refractivity (Wildman–Crippen MR) is 205 cm³/mol. The SMILES string of the molecule is CCCCCCCCCCCCCCCCCC(=O)N[C@@H]1O[C@H](CO)[C@@H](O[C@H]2C[C@@H](OS(=O)(=O)[O-])[C@@H](O)[C@@H](CO)O2)[C@H](O[C@@H]2O[C@@H](C)[C@@H](O)[C@@H](O)[C@@H]2O)[C@]1(O)NC(C)=O.[Na+]. The Morgan fingerprint density at radius 3 is 1.80 bits per heavy atom. The Labute approximate surface area is 375 Å². The summed E-state index contributed by atoms with van der Waals surface area (Å²) in [4.78, 5) is 25.9. The van der Waals surface area contributed by atoms with Crippen molar-refractivity contribution in [3.63, 3.8) is 0 Å². The standard InChI is InChI=1S/C38H70N2O18S.Na/c1-4-5-6-7-8-9-10-11-12-13-14-15-16-17-18-19-28(44)39-37-38(49,40-24(3)43)35(57-36-33(48)32(47)30(45)23(2)53-36)34(27(22-42)55-37)56-29-20-25(58-59(50,51)52)31(46)26(21-41)54-29;/h23,25-27,29-37,41-42,45-49H,4-22H2,1-3H3,(H,39,44)(H,40,43)(H,50,51,52);/q;+1/p-1/t23-,25+,26+,27+,29-,30+,31+,32+,33-,34+,35-,36-,37+,38+;/m0./s1. The Balaban J connectivity index is 0.0000124. The van der Waals surface area contributed by atoms with Gasteiger partial charge in [0.15, 0.2) is 18.8 Å². The van der Waals surface area contributed by atoms with Crippen molar-refractivity contribution in [3.05, 3.63) is 0 Å². The first-order chi connectivity index (χ1) is 27.9. The molecule has 9 N–H and O–H groups in total. The van der Waals surface area contributed by atoms with E-state index in [4.69, 9.17) is 23.7 Å². The molecule has 0 aromatic heterocycles. The van der Waals surface area contributed by atoms with Crippen molar-refractivity contribution in [1.82, 2.24) is 10.6 Å². The number of hydrogen-bond acceptors (Lipinski definition) is 18. The second kappa shape index (κ2) is 27.6. The van der Waals surface area contributed by atoms with Gasteiger partial charge in [-0.1, -0.05) is 96.8 Å². The quantitative estimate of drug-likeness (QED) is 0.0136. The zero-order chi connectivity index (χ0) is 43.8. The van der Waals surface area contributed by atoms with Gasteiger partial charge >= 0.3 is 29.6 Å². The van der Waals surface area contributed by atoms with E-state index in [1.54, 1.807) is 0 Å². The molecule has 0 bridgehead atoms. The molecule has 0 spiro atoms. The first kappa shape index (κ1) is 55.5. The van der Waals surface area contributed by atoms with Gasteiger partial charge in [-0.3, -0.25) is 13.8 Å². The summed E-state index contributed by atoms with van der Waals surface area (Å²) in [6.45, 7) is 2.77. The van der Waals surface area contributed by atoms with E-state index in [-0.39, 0.29) is 36.0 Å². The van der Waals surface area contributed by atoms with Gasteiger partial charge < -0.3 is 74.6 Å². The van der Waals surface area contributed by atoms with Crippen LogP contribution in [0.2, 0.25) is 0 Å². The minimum Gasteiger partial charge on any atom is -0.726 e. The van der Waals surface area contributed by atoms with Crippen molar-refractivity contribution in [2.45, 2.75) is 215 Å². The molecule has 3 aliphatic heterocycles. The van der Waals surface area contributed by atoms with Gasteiger partial charge in [0.25, 0.3) is 0 Å². The van der Waals surface area contributed by atoms with Crippen LogP contribution in [0.5, 0.6) is 0 Å². The number of aliphatic hydroxyl groups excluding tert-OH is 6. The normalized spacial score (nSPS) is 34.8. The fraction of sp³-hybridized carbons (Fsp3) is 0.947. The summed E-state index contributed by atoms with van der Waals surface area (Å²) >= 11 is 0. The molecule has 0 aliphatic carbocycles. The Bertz CT molecular complexity index is 1360. The van der Waals surface area contributed by atoms with Crippen LogP contribution in [0.3, 0.4) is 0 Å². The van der Waals surface area contributed by atoms with E-state index in [1.165, 1.54) is 64.7 Å². The molecule has 3 aliphatic rings. The molecule has 3 rings (SSSR count). The smallest absolute Gasteiger partial charge is 0.726 e. The van der Waals surface area contributed by atoms with Crippen LogP contribution in [-0.2, 0) is 47.9 Å². The third-order valence-corrected chi connectivity index (χ3v) is 11.5. The maximum atomic E-state index is 13.3. The van der Waals surface area contributed by atoms with Crippen LogP contribution in [0.25, 0.3) is 0 Å². The van der Waals surface area contributed by atoms with Crippen molar-refractivity contribution >= 4 is 22.2 Å². The Kier molecular flexibility index (Phi) is 25.5. The third kappa shape index (κ3) is 17.4. The predicted octanol–water partition coefficient (Wildman–Crippen LogP) is -3.18. The van der Waals surface area contributed by atoms with Crippen LogP contribution >= 0.6 is 0 Å². The fourth-order valence-electron chi connectivity index (χ4n) is 7.71. The first-order valence-electron chi connectivity index (χ1n) is 21.1. The molecular weight excluding hydrogens is 827 g/mol. The molecular formula is C38H69N2NaO18S. The molecule has 0 radical (unpaired) electrons. The maximum Gasteiger partial charge on any atom is 1.00 e. The molecule has 3 heterocycles. The molecule has 14 atom stereocenters. The summed E-state index contributed by atoms with van der Waals surface area (Å²) in [7, 11) is -5.39. The number of aliphatic hydroxyl groups is 7. The number of ether oxygens (including phenoxy) is 5. The summed E-state index contributed by atoms with van der Waals surface area (Å²) in [5.74, 6) is -1.48. The van der Waals surface area contributed by atoms with E-state index < -0.39 is 127 Å². The van der Waals surface area contributed by atoms with Gasteiger partial charge in [-0.05, 0) is 13.3 Å². The Hall–Kier alpha value is -0.670. The van der Waals surface area contributed by atoms with Gasteiger partial charge in [0, 0.05) is 19.8 Å². The molecule has 346 valence electrons. The number of carbonyl (C=O) groups excluding carboxylic acids is 2. The summed E-state index contributed by atoms with van der Waals surface area (Å²) in [6, 6.07) is 0. The molecule has 3 fully saturated rings. The number of nitrogens with one attached hydrogen (secondary N) is 2. The second-order valence-electron chi connectivity index (χ2n) is 15.9. The summed E-state index contributed by atoms with van der Waals surface area (Å²) < 4.78 is 67.9. The maximum absolute atomic E-state index is 13.3. The molecule has 22 heteroatoms. The van der Waals surface area contributed by atoms with E-state index in [1.807, 2.05) is 0 Å². The molecule has 20 nitrogen and oxygen atoms in total. The topological polar surface area (TPSA) is 312 Å². The van der Waals surface area contributed by atoms with E-state index >= 15 is 0 Å². The van der Waals surface area contributed by atoms with Crippen molar-refractivity contribution in [3.8, 4) is 0 Å². The first-order valence-corrected chi connectivity index (χ1v) is 22.4. The summed E-state index contributed by atoms with van der Waals surface area (Å²) in [5.41, 5.74) is -2.81. The summed E-state index contributed by atoms with van der Waals surface area (Å²) in [5, 5.41) is 79.6. The van der Waals surface area contributed by atoms with Crippen LogP contribution in [0.15, 0.2) is 0 Å². The number of unbranched alkanes of at least 4 members (excludes halogenated alkanes) is 14. The fourth-order valence-corrected chi connectivity index (χ4v) is 8.20. The number of hydrogen-bond donors (Lipinski definition) is 9. The van der Waals surface area contributed by atoms with Crippen LogP contribution in [0.4, 0.5) is 0 Å². The van der Waals surface area contributed by atoms with E-state index in [2.05, 4.69) is 21.7 Å². The van der Waals surface area contributed by atoms with Crippen molar-refractivity contribution in [1.29, 1.82) is 0 Å². The molecule has 0 aromatic carbocycles. The van der Waals surface area contributed by atoms with Crippen molar-refractivity contribution < 1.29 is 116 Å². The van der Waals surface area contributed by atoms with Crippen LogP contribution in [0, 0.1) is 0 Å². The van der Waals surface area contributed by atoms with Gasteiger partial charge in [0.1, 0.15) is 54.9 Å². The van der Waals surface area contributed by atoms with Crippen LogP contribution in [0.1, 0.15) is 130 Å². The largest absolute Gasteiger partial charge is 1.00 e. The van der Waals surface area contributed by atoms with Crippen molar-refractivity contribution in [2.24, 2.45) is 0 Å². The minimum absolute atomic E-state index is 0. The minimum atomic E-state index is -5.39. The van der Waals surface area contributed by atoms with E-state index in [0.29, 0.717) is 6.42 Å². The van der Waals surface area contributed by atoms with Crippen LogP contribution < -0.4 is 40.2 Å². The monoisotopic (exact) mass is 896 g/mol. The molecule has 0 saturated carbocycles. The number of carbonyl (C=O) groups is 2. The number of rotatable bonds is 26. The molecule has 0 unspecified atom stereocenters. The van der Waals surface area contributed by atoms with Gasteiger partial charge in [-0.25, -0.2) is 8.42 Å².